The summed E-state index contributed by atoms with van der Waals surface area (Å²) in [6.45, 7) is 2.38. The fraction of sp³-hybridized carbons (Fsp3) is 0.0732. The molecule has 5 heteroatoms. The fourth-order valence-corrected chi connectivity index (χ4v) is 9.54. The summed E-state index contributed by atoms with van der Waals surface area (Å²) in [7, 11) is 0. The van der Waals surface area contributed by atoms with Crippen molar-refractivity contribution in [2.45, 2.75) is 18.4 Å². The number of benzene rings is 6. The molecular formula is C41H25N3OS. The van der Waals surface area contributed by atoms with Gasteiger partial charge in [0.1, 0.15) is 11.5 Å². The van der Waals surface area contributed by atoms with Gasteiger partial charge in [0.05, 0.1) is 17.3 Å². The highest BCUT2D eigenvalue weighted by Crippen LogP contribution is 2.61. The van der Waals surface area contributed by atoms with E-state index in [-0.39, 0.29) is 11.5 Å². The molecule has 0 bridgehead atoms. The highest BCUT2D eigenvalue weighted by atomic mass is 32.1. The van der Waals surface area contributed by atoms with E-state index < -0.39 is 0 Å². The lowest BCUT2D eigenvalue weighted by atomic mass is 9.67. The molecule has 216 valence electrons. The van der Waals surface area contributed by atoms with E-state index in [4.69, 9.17) is 14.7 Å². The maximum Gasteiger partial charge on any atom is 0.231 e. The van der Waals surface area contributed by atoms with Gasteiger partial charge in [-0.3, -0.25) is 0 Å². The minimum atomic E-state index is -0.368. The summed E-state index contributed by atoms with van der Waals surface area (Å²) in [6.07, 6.45) is 4.59. The Balaban J connectivity index is 1.20. The van der Waals surface area contributed by atoms with E-state index in [1.165, 1.54) is 47.6 Å². The zero-order valence-corrected chi connectivity index (χ0v) is 25.7. The molecule has 1 aliphatic carbocycles. The Morgan fingerprint density at radius 3 is 2.50 bits per heavy atom. The molecule has 46 heavy (non-hydrogen) atoms. The van der Waals surface area contributed by atoms with Gasteiger partial charge in [-0.15, -0.1) is 11.3 Å². The van der Waals surface area contributed by atoms with Crippen LogP contribution in [0.1, 0.15) is 23.6 Å². The quantitative estimate of drug-likeness (QED) is 0.196. The third kappa shape index (κ3) is 3.03. The van der Waals surface area contributed by atoms with Crippen LogP contribution in [0.25, 0.3) is 59.2 Å². The summed E-state index contributed by atoms with van der Waals surface area (Å²) in [4.78, 5) is 13.1. The Bertz CT molecular complexity index is 2670. The predicted molar refractivity (Wildman–Crippen MR) is 190 cm³/mol. The molecule has 4 heterocycles. The van der Waals surface area contributed by atoms with Crippen LogP contribution in [0, 0.1) is 0 Å². The highest BCUT2D eigenvalue weighted by Gasteiger charge is 2.54. The van der Waals surface area contributed by atoms with Crippen molar-refractivity contribution in [1.29, 1.82) is 0 Å². The monoisotopic (exact) mass is 607 g/mol. The van der Waals surface area contributed by atoms with Crippen molar-refractivity contribution >= 4 is 70.9 Å². The van der Waals surface area contributed by atoms with Gasteiger partial charge in [0.2, 0.25) is 5.95 Å². The first-order valence-electron chi connectivity index (χ1n) is 15.7. The molecule has 0 saturated carbocycles. The molecule has 2 atom stereocenters. The average molecular weight is 608 g/mol. The first kappa shape index (κ1) is 24.8. The topological polar surface area (TPSA) is 38.2 Å². The molecule has 4 nitrogen and oxygen atoms in total. The first-order chi connectivity index (χ1) is 22.7. The van der Waals surface area contributed by atoms with Crippen LogP contribution in [-0.4, -0.2) is 16.0 Å². The van der Waals surface area contributed by atoms with Crippen molar-refractivity contribution in [1.82, 2.24) is 9.97 Å². The van der Waals surface area contributed by atoms with Crippen LogP contribution in [0.4, 0.5) is 11.6 Å². The van der Waals surface area contributed by atoms with Crippen LogP contribution < -0.4 is 9.64 Å². The summed E-state index contributed by atoms with van der Waals surface area (Å²) >= 11 is 1.84. The standard InChI is InChI=1S/C41H25N3OS/c1-41-35-21-18-24-9-7-14-32(37(24)41)45-31-13-6-8-23-17-20-30(38(41)36(23)31)44(35)40-42-29-12-4-2-11-28(29)39(43-40)25-16-19-27-26-10-3-5-15-33(26)46-34(27)22-25/h2-22,35H,1H3. The van der Waals surface area contributed by atoms with Gasteiger partial charge in [0, 0.05) is 58.7 Å². The number of thiophene rings is 1. The van der Waals surface area contributed by atoms with Gasteiger partial charge in [0.25, 0.3) is 0 Å². The fourth-order valence-electron chi connectivity index (χ4n) is 8.39. The Morgan fingerprint density at radius 1 is 0.717 bits per heavy atom. The van der Waals surface area contributed by atoms with Gasteiger partial charge >= 0.3 is 0 Å². The summed E-state index contributed by atoms with van der Waals surface area (Å²) in [5.41, 5.74) is 7.46. The highest BCUT2D eigenvalue weighted by molar-refractivity contribution is 7.25. The SMILES string of the molecule is CC12c3c4cccc3Oc3cccc5ccc(c1c35)N(c1nc(-c3ccc5c(c3)sc3ccccc35)c3ccccc3n1)C2C=C4. The van der Waals surface area contributed by atoms with E-state index in [1.54, 1.807) is 0 Å². The number of aromatic nitrogens is 2. The van der Waals surface area contributed by atoms with Gasteiger partial charge < -0.3 is 9.64 Å². The molecule has 0 fully saturated rings. The van der Waals surface area contributed by atoms with Gasteiger partial charge in [-0.2, -0.15) is 0 Å². The third-order valence-electron chi connectivity index (χ3n) is 10.3. The lowest BCUT2D eigenvalue weighted by Crippen LogP contribution is -2.42. The molecule has 0 spiro atoms. The Labute approximate surface area is 268 Å². The molecule has 0 N–H and O–H groups in total. The van der Waals surface area contributed by atoms with Crippen LogP contribution in [0.15, 0.2) is 121 Å². The summed E-state index contributed by atoms with van der Waals surface area (Å²) in [6, 6.07) is 41.1. The van der Waals surface area contributed by atoms with E-state index >= 15 is 0 Å². The zero-order chi connectivity index (χ0) is 30.1. The Hall–Kier alpha value is -5.52. The number of para-hydroxylation sites is 1. The molecule has 2 aliphatic heterocycles. The third-order valence-corrected chi connectivity index (χ3v) is 11.5. The van der Waals surface area contributed by atoms with Gasteiger partial charge in [-0.05, 0) is 54.3 Å². The lowest BCUT2D eigenvalue weighted by Gasteiger charge is -2.38. The van der Waals surface area contributed by atoms with Crippen molar-refractivity contribution in [2.75, 3.05) is 4.90 Å². The van der Waals surface area contributed by atoms with Crippen LogP contribution in [-0.2, 0) is 5.41 Å². The number of nitrogens with zero attached hydrogens (tertiary/aromatic N) is 3. The van der Waals surface area contributed by atoms with E-state index in [1.807, 2.05) is 11.3 Å². The lowest BCUT2D eigenvalue weighted by molar-refractivity contribution is 0.460. The minimum Gasteiger partial charge on any atom is -0.456 e. The first-order valence-corrected chi connectivity index (χ1v) is 16.5. The molecular weight excluding hydrogens is 583 g/mol. The number of hydrogen-bond acceptors (Lipinski definition) is 5. The number of hydrogen-bond donors (Lipinski definition) is 0. The maximum absolute atomic E-state index is 6.71. The molecule has 11 rings (SSSR count). The number of fused-ring (bicyclic) bond motifs is 4. The van der Waals surface area contributed by atoms with Crippen molar-refractivity contribution in [2.24, 2.45) is 0 Å². The van der Waals surface area contributed by atoms with E-state index in [0.717, 1.165) is 39.3 Å². The van der Waals surface area contributed by atoms with Crippen molar-refractivity contribution in [3.8, 4) is 22.8 Å². The second-order valence-electron chi connectivity index (χ2n) is 12.7. The zero-order valence-electron chi connectivity index (χ0n) is 24.9. The normalized spacial score (nSPS) is 18.9. The van der Waals surface area contributed by atoms with Crippen molar-refractivity contribution in [3.63, 3.8) is 0 Å². The molecule has 0 amide bonds. The Morgan fingerprint density at radius 2 is 1.54 bits per heavy atom. The van der Waals surface area contributed by atoms with Crippen molar-refractivity contribution < 1.29 is 4.74 Å². The molecule has 2 unspecified atom stereocenters. The molecule has 3 aliphatic rings. The molecule has 8 aromatic rings. The minimum absolute atomic E-state index is 0.0319. The second kappa shape index (κ2) is 8.59. The maximum atomic E-state index is 6.71. The summed E-state index contributed by atoms with van der Waals surface area (Å²) in [5, 5.41) is 5.99. The number of anilines is 2. The predicted octanol–water partition coefficient (Wildman–Crippen LogP) is 10.8. The van der Waals surface area contributed by atoms with E-state index in [2.05, 4.69) is 139 Å². The van der Waals surface area contributed by atoms with Crippen LogP contribution in [0.2, 0.25) is 0 Å². The van der Waals surface area contributed by atoms with Crippen LogP contribution in [0.3, 0.4) is 0 Å². The van der Waals surface area contributed by atoms with Crippen LogP contribution in [0.5, 0.6) is 11.5 Å². The van der Waals surface area contributed by atoms with Gasteiger partial charge in [0.15, 0.2) is 0 Å². The largest absolute Gasteiger partial charge is 0.456 e. The number of rotatable bonds is 2. The van der Waals surface area contributed by atoms with Gasteiger partial charge in [-0.1, -0.05) is 91.0 Å². The molecule has 0 saturated heterocycles. The van der Waals surface area contributed by atoms with Crippen LogP contribution >= 0.6 is 11.3 Å². The van der Waals surface area contributed by atoms with E-state index in [9.17, 15) is 0 Å². The second-order valence-corrected chi connectivity index (χ2v) is 13.8. The van der Waals surface area contributed by atoms with E-state index in [0.29, 0.717) is 5.95 Å². The number of ether oxygens (including phenoxy) is 1. The smallest absolute Gasteiger partial charge is 0.231 e. The summed E-state index contributed by atoms with van der Waals surface area (Å²) in [5.74, 6) is 2.53. The molecule has 6 aromatic carbocycles. The average Bonchev–Trinajstić information content (AvgIpc) is 3.56. The molecule has 2 aromatic heterocycles. The Kier molecular flexibility index (Phi) is 4.63. The molecule has 0 radical (unpaired) electrons. The summed E-state index contributed by atoms with van der Waals surface area (Å²) < 4.78 is 9.28. The van der Waals surface area contributed by atoms with Gasteiger partial charge in [-0.25, -0.2) is 9.97 Å². The van der Waals surface area contributed by atoms with Crippen molar-refractivity contribution in [3.05, 3.63) is 138 Å².